The number of para-hydroxylation sites is 1. The van der Waals surface area contributed by atoms with Gasteiger partial charge in [0, 0.05) is 6.20 Å². The molecule has 0 saturated carbocycles. The van der Waals surface area contributed by atoms with Crippen molar-refractivity contribution in [2.45, 2.75) is 6.92 Å². The van der Waals surface area contributed by atoms with E-state index in [0.717, 1.165) is 0 Å². The topological polar surface area (TPSA) is 66.6 Å². The summed E-state index contributed by atoms with van der Waals surface area (Å²) in [6.45, 7) is 1.74. The standard InChI is InChI=1S/C15H12FN3O2/c1-9-5-4-6-10(16)12(9)18-14-13(15(20)21)19-8-3-2-7-11(19)17-14/h2-8,18H,1H3,(H,20,21). The van der Waals surface area contributed by atoms with Crippen molar-refractivity contribution in [3.8, 4) is 0 Å². The number of carbonyl (C=O) groups is 1. The molecule has 2 aromatic heterocycles. The summed E-state index contributed by atoms with van der Waals surface area (Å²) >= 11 is 0. The lowest BCUT2D eigenvalue weighted by atomic mass is 10.2. The highest BCUT2D eigenvalue weighted by molar-refractivity contribution is 5.94. The fourth-order valence-corrected chi connectivity index (χ4v) is 2.20. The molecule has 3 rings (SSSR count). The second-order valence-corrected chi connectivity index (χ2v) is 4.60. The van der Waals surface area contributed by atoms with Crippen LogP contribution in [0.25, 0.3) is 5.65 Å². The predicted octanol–water partition coefficient (Wildman–Crippen LogP) is 3.22. The van der Waals surface area contributed by atoms with Gasteiger partial charge in [-0.25, -0.2) is 14.2 Å². The second-order valence-electron chi connectivity index (χ2n) is 4.60. The van der Waals surface area contributed by atoms with E-state index in [1.54, 1.807) is 43.5 Å². The number of hydrogen-bond acceptors (Lipinski definition) is 3. The van der Waals surface area contributed by atoms with Crippen molar-refractivity contribution in [3.05, 3.63) is 59.7 Å². The van der Waals surface area contributed by atoms with Gasteiger partial charge in [-0.3, -0.25) is 4.40 Å². The molecule has 0 aliphatic carbocycles. The van der Waals surface area contributed by atoms with Crippen molar-refractivity contribution in [1.29, 1.82) is 0 Å². The van der Waals surface area contributed by atoms with Crippen LogP contribution in [0.5, 0.6) is 0 Å². The number of hydrogen-bond donors (Lipinski definition) is 2. The van der Waals surface area contributed by atoms with Crippen molar-refractivity contribution < 1.29 is 14.3 Å². The average Bonchev–Trinajstić information content (AvgIpc) is 2.81. The van der Waals surface area contributed by atoms with Gasteiger partial charge in [-0.1, -0.05) is 18.2 Å². The van der Waals surface area contributed by atoms with E-state index in [-0.39, 0.29) is 17.2 Å². The highest BCUT2D eigenvalue weighted by Crippen LogP contribution is 2.26. The number of rotatable bonds is 3. The van der Waals surface area contributed by atoms with Gasteiger partial charge in [0.05, 0.1) is 5.69 Å². The summed E-state index contributed by atoms with van der Waals surface area (Å²) in [5.41, 5.74) is 1.34. The maximum Gasteiger partial charge on any atom is 0.356 e. The Bertz CT molecular complexity index is 822. The van der Waals surface area contributed by atoms with Gasteiger partial charge in [0.15, 0.2) is 11.5 Å². The Labute approximate surface area is 119 Å². The number of aromatic carboxylic acids is 1. The number of fused-ring (bicyclic) bond motifs is 1. The largest absolute Gasteiger partial charge is 0.476 e. The van der Waals surface area contributed by atoms with Gasteiger partial charge in [-0.15, -0.1) is 0 Å². The Morgan fingerprint density at radius 1 is 1.29 bits per heavy atom. The van der Waals surface area contributed by atoms with E-state index in [1.165, 1.54) is 10.5 Å². The molecule has 3 aromatic rings. The number of carboxylic acids is 1. The molecule has 6 heteroatoms. The van der Waals surface area contributed by atoms with Crippen LogP contribution in [0.4, 0.5) is 15.9 Å². The summed E-state index contributed by atoms with van der Waals surface area (Å²) < 4.78 is 15.3. The molecule has 0 bridgehead atoms. The molecule has 0 radical (unpaired) electrons. The summed E-state index contributed by atoms with van der Waals surface area (Å²) in [5, 5.41) is 12.2. The van der Waals surface area contributed by atoms with E-state index in [2.05, 4.69) is 10.3 Å². The van der Waals surface area contributed by atoms with E-state index >= 15 is 0 Å². The smallest absolute Gasteiger partial charge is 0.356 e. The first-order valence-electron chi connectivity index (χ1n) is 6.30. The first-order valence-corrected chi connectivity index (χ1v) is 6.30. The van der Waals surface area contributed by atoms with Crippen molar-refractivity contribution in [2.75, 3.05) is 5.32 Å². The number of aryl methyl sites for hydroxylation is 1. The molecule has 21 heavy (non-hydrogen) atoms. The normalized spacial score (nSPS) is 10.8. The maximum atomic E-state index is 13.9. The zero-order valence-electron chi connectivity index (χ0n) is 11.2. The molecule has 0 fully saturated rings. The molecular weight excluding hydrogens is 273 g/mol. The molecular formula is C15H12FN3O2. The molecule has 106 valence electrons. The summed E-state index contributed by atoms with van der Waals surface area (Å²) in [4.78, 5) is 15.7. The first kappa shape index (κ1) is 13.1. The Hall–Kier alpha value is -2.89. The van der Waals surface area contributed by atoms with Gasteiger partial charge in [0.1, 0.15) is 11.5 Å². The van der Waals surface area contributed by atoms with Crippen LogP contribution in [0.2, 0.25) is 0 Å². The van der Waals surface area contributed by atoms with E-state index in [1.807, 2.05) is 0 Å². The number of aromatic nitrogens is 2. The Morgan fingerprint density at radius 3 is 2.81 bits per heavy atom. The van der Waals surface area contributed by atoms with Crippen LogP contribution in [0.1, 0.15) is 16.1 Å². The number of imidazole rings is 1. The number of pyridine rings is 1. The molecule has 2 N–H and O–H groups in total. The molecule has 0 atom stereocenters. The molecule has 0 amide bonds. The zero-order chi connectivity index (χ0) is 15.0. The second kappa shape index (κ2) is 4.90. The fraction of sp³-hybridized carbons (Fsp3) is 0.0667. The molecule has 2 heterocycles. The number of anilines is 2. The monoisotopic (exact) mass is 285 g/mol. The summed E-state index contributed by atoms with van der Waals surface area (Å²) in [5.74, 6) is -1.48. The van der Waals surface area contributed by atoms with Crippen LogP contribution in [-0.2, 0) is 0 Å². The average molecular weight is 285 g/mol. The SMILES string of the molecule is Cc1cccc(F)c1Nc1nc2ccccn2c1C(=O)O. The van der Waals surface area contributed by atoms with Gasteiger partial charge in [-0.2, -0.15) is 0 Å². The highest BCUT2D eigenvalue weighted by atomic mass is 19.1. The molecule has 0 spiro atoms. The minimum Gasteiger partial charge on any atom is -0.476 e. The van der Waals surface area contributed by atoms with Crippen LogP contribution >= 0.6 is 0 Å². The number of benzene rings is 1. The predicted molar refractivity (Wildman–Crippen MR) is 76.6 cm³/mol. The molecule has 0 unspecified atom stereocenters. The van der Waals surface area contributed by atoms with E-state index < -0.39 is 11.8 Å². The third kappa shape index (κ3) is 2.20. The van der Waals surface area contributed by atoms with Crippen LogP contribution < -0.4 is 5.32 Å². The lowest BCUT2D eigenvalue weighted by molar-refractivity contribution is 0.0690. The van der Waals surface area contributed by atoms with Crippen LogP contribution in [-0.4, -0.2) is 20.5 Å². The third-order valence-corrected chi connectivity index (χ3v) is 3.20. The summed E-state index contributed by atoms with van der Waals surface area (Å²) in [6, 6.07) is 9.79. The van der Waals surface area contributed by atoms with Gasteiger partial charge in [0.2, 0.25) is 0 Å². The van der Waals surface area contributed by atoms with Crippen molar-refractivity contribution in [2.24, 2.45) is 0 Å². The quantitative estimate of drug-likeness (QED) is 0.775. The van der Waals surface area contributed by atoms with Crippen molar-refractivity contribution >= 4 is 23.1 Å². The van der Waals surface area contributed by atoms with Crippen molar-refractivity contribution in [3.63, 3.8) is 0 Å². The molecule has 5 nitrogen and oxygen atoms in total. The molecule has 0 aliphatic heterocycles. The van der Waals surface area contributed by atoms with Crippen molar-refractivity contribution in [1.82, 2.24) is 9.38 Å². The van der Waals surface area contributed by atoms with Gasteiger partial charge >= 0.3 is 5.97 Å². The van der Waals surface area contributed by atoms with Crippen LogP contribution in [0, 0.1) is 12.7 Å². The molecule has 1 aromatic carbocycles. The molecule has 0 saturated heterocycles. The first-order chi connectivity index (χ1) is 10.1. The minimum atomic E-state index is -1.13. The lowest BCUT2D eigenvalue weighted by Gasteiger charge is -2.09. The van der Waals surface area contributed by atoms with Crippen LogP contribution in [0.15, 0.2) is 42.6 Å². The van der Waals surface area contributed by atoms with Gasteiger partial charge in [0.25, 0.3) is 0 Å². The minimum absolute atomic E-state index is 0.0340. The van der Waals surface area contributed by atoms with Gasteiger partial charge < -0.3 is 10.4 Å². The third-order valence-electron chi connectivity index (χ3n) is 3.20. The summed E-state index contributed by atoms with van der Waals surface area (Å²) in [6.07, 6.45) is 1.60. The van der Waals surface area contributed by atoms with Gasteiger partial charge in [-0.05, 0) is 30.7 Å². The summed E-state index contributed by atoms with van der Waals surface area (Å²) in [7, 11) is 0. The Balaban J connectivity index is 2.17. The number of carboxylic acid groups (broad SMARTS) is 1. The highest BCUT2D eigenvalue weighted by Gasteiger charge is 2.19. The maximum absolute atomic E-state index is 13.9. The Morgan fingerprint density at radius 2 is 2.10 bits per heavy atom. The van der Waals surface area contributed by atoms with Crippen LogP contribution in [0.3, 0.4) is 0 Å². The number of nitrogens with zero attached hydrogens (tertiary/aromatic N) is 2. The lowest BCUT2D eigenvalue weighted by Crippen LogP contribution is -2.06. The van der Waals surface area contributed by atoms with E-state index in [4.69, 9.17) is 0 Å². The fourth-order valence-electron chi connectivity index (χ4n) is 2.20. The number of nitrogens with one attached hydrogen (secondary N) is 1. The molecule has 0 aliphatic rings. The zero-order valence-corrected chi connectivity index (χ0v) is 11.2. The number of halogens is 1. The van der Waals surface area contributed by atoms with E-state index in [9.17, 15) is 14.3 Å². The Kier molecular flexibility index (Phi) is 3.06. The van der Waals surface area contributed by atoms with E-state index in [0.29, 0.717) is 11.2 Å².